The van der Waals surface area contributed by atoms with Gasteiger partial charge in [0.25, 0.3) is 0 Å². The predicted octanol–water partition coefficient (Wildman–Crippen LogP) is 1.47. The lowest BCUT2D eigenvalue weighted by Crippen LogP contribution is -2.35. The highest BCUT2D eigenvalue weighted by molar-refractivity contribution is 7.93. The van der Waals surface area contributed by atoms with Gasteiger partial charge in [0.05, 0.1) is 11.2 Å². The summed E-state index contributed by atoms with van der Waals surface area (Å²) < 4.78 is 22.8. The lowest BCUT2D eigenvalue weighted by Gasteiger charge is -2.18. The van der Waals surface area contributed by atoms with E-state index in [-0.39, 0.29) is 6.42 Å². The summed E-state index contributed by atoms with van der Waals surface area (Å²) in [6.07, 6.45) is -0.163. The molecule has 0 aliphatic heterocycles. The molecule has 7 heteroatoms. The molecule has 1 rings (SSSR count). The number of carbonyl (C=O) groups excluding carboxylic acids is 1. The van der Waals surface area contributed by atoms with Crippen LogP contribution in [0.1, 0.15) is 26.3 Å². The van der Waals surface area contributed by atoms with E-state index in [1.807, 2.05) is 0 Å². The number of carboxylic acids is 1. The van der Waals surface area contributed by atoms with E-state index in [4.69, 9.17) is 5.11 Å². The first kappa shape index (κ1) is 17.2. The maximum Gasteiger partial charge on any atom is 0.307 e. The Balaban J connectivity index is 2.78. The number of benzene rings is 1. The Bertz CT molecular complexity index is 644. The van der Waals surface area contributed by atoms with E-state index in [1.165, 1.54) is 26.8 Å². The average Bonchev–Trinajstić information content (AvgIpc) is 2.25. The van der Waals surface area contributed by atoms with Gasteiger partial charge in [0, 0.05) is 5.69 Å². The zero-order valence-corrected chi connectivity index (χ0v) is 13.0. The normalized spacial score (nSPS) is 12.0. The number of nitrogens with one attached hydrogen (secondary N) is 1. The molecule has 116 valence electrons. The van der Waals surface area contributed by atoms with Crippen molar-refractivity contribution in [3.63, 3.8) is 0 Å². The van der Waals surface area contributed by atoms with Crippen LogP contribution in [0.3, 0.4) is 0 Å². The number of anilines is 1. The third-order valence-corrected chi connectivity index (χ3v) is 5.33. The monoisotopic (exact) mass is 313 g/mol. The summed E-state index contributed by atoms with van der Waals surface area (Å²) in [4.78, 5) is 22.4. The van der Waals surface area contributed by atoms with Gasteiger partial charge in [-0.1, -0.05) is 12.1 Å². The van der Waals surface area contributed by atoms with Crippen molar-refractivity contribution in [1.29, 1.82) is 0 Å². The van der Waals surface area contributed by atoms with E-state index < -0.39 is 32.2 Å². The van der Waals surface area contributed by atoms with Gasteiger partial charge in [-0.2, -0.15) is 0 Å². The average molecular weight is 313 g/mol. The maximum atomic E-state index is 11.9. The molecule has 0 fully saturated rings. The van der Waals surface area contributed by atoms with Crippen LogP contribution in [0.2, 0.25) is 0 Å². The number of sulfone groups is 1. The summed E-state index contributed by atoms with van der Waals surface area (Å²) in [5.41, 5.74) is 0.904. The molecule has 21 heavy (non-hydrogen) atoms. The molecule has 0 spiro atoms. The number of hydrogen-bond donors (Lipinski definition) is 2. The topological polar surface area (TPSA) is 101 Å². The molecule has 0 aliphatic carbocycles. The number of carbonyl (C=O) groups is 2. The highest BCUT2D eigenvalue weighted by Crippen LogP contribution is 2.17. The fourth-order valence-electron chi connectivity index (χ4n) is 1.52. The lowest BCUT2D eigenvalue weighted by atomic mass is 10.1. The van der Waals surface area contributed by atoms with E-state index in [0.717, 1.165) is 0 Å². The van der Waals surface area contributed by atoms with Gasteiger partial charge in [-0.05, 0) is 38.5 Å². The first-order chi connectivity index (χ1) is 9.51. The van der Waals surface area contributed by atoms with Gasteiger partial charge in [-0.25, -0.2) is 8.42 Å². The van der Waals surface area contributed by atoms with Crippen molar-refractivity contribution < 1.29 is 23.1 Å². The number of hydrogen-bond acceptors (Lipinski definition) is 4. The van der Waals surface area contributed by atoms with Crippen LogP contribution < -0.4 is 5.32 Å². The number of amides is 1. The van der Waals surface area contributed by atoms with Gasteiger partial charge in [-0.15, -0.1) is 0 Å². The predicted molar refractivity (Wildman–Crippen MR) is 80.0 cm³/mol. The zero-order chi connectivity index (χ0) is 16.3. The number of carboxylic acid groups (broad SMARTS) is 1. The molecule has 0 saturated heterocycles. The Morgan fingerprint density at radius 2 is 1.86 bits per heavy atom. The molecule has 0 unspecified atom stereocenters. The number of rotatable bonds is 5. The van der Waals surface area contributed by atoms with Crippen LogP contribution in [-0.4, -0.2) is 35.9 Å². The summed E-state index contributed by atoms with van der Waals surface area (Å²) in [5.74, 6) is -2.23. The second-order valence-electron chi connectivity index (χ2n) is 5.69. The van der Waals surface area contributed by atoms with Crippen LogP contribution in [-0.2, 0) is 25.8 Å². The first-order valence-electron chi connectivity index (χ1n) is 6.34. The molecular formula is C14H19NO5S. The Labute approximate surface area is 124 Å². The molecule has 0 heterocycles. The van der Waals surface area contributed by atoms with Crippen LogP contribution in [0.5, 0.6) is 0 Å². The minimum absolute atomic E-state index is 0.163. The summed E-state index contributed by atoms with van der Waals surface area (Å²) >= 11 is 0. The molecule has 0 atom stereocenters. The molecule has 2 N–H and O–H groups in total. The molecule has 1 aromatic carbocycles. The van der Waals surface area contributed by atoms with Crippen LogP contribution in [0.25, 0.3) is 0 Å². The van der Waals surface area contributed by atoms with Crippen molar-refractivity contribution in [3.8, 4) is 0 Å². The molecular weight excluding hydrogens is 294 g/mol. The molecule has 0 aromatic heterocycles. The summed E-state index contributed by atoms with van der Waals surface area (Å²) in [6, 6.07) is 6.31. The third kappa shape index (κ3) is 5.18. The van der Waals surface area contributed by atoms with E-state index in [2.05, 4.69) is 5.32 Å². The second-order valence-corrected chi connectivity index (χ2v) is 8.43. The van der Waals surface area contributed by atoms with Crippen molar-refractivity contribution in [2.75, 3.05) is 11.1 Å². The number of aliphatic carboxylic acids is 1. The quantitative estimate of drug-likeness (QED) is 0.857. The third-order valence-electron chi connectivity index (χ3n) is 2.82. The molecule has 0 bridgehead atoms. The van der Waals surface area contributed by atoms with Gasteiger partial charge in [0.1, 0.15) is 5.75 Å². The van der Waals surface area contributed by atoms with Crippen LogP contribution in [0.15, 0.2) is 24.3 Å². The van der Waals surface area contributed by atoms with Gasteiger partial charge in [0.15, 0.2) is 9.84 Å². The fraction of sp³-hybridized carbons (Fsp3) is 0.429. The molecule has 0 aliphatic rings. The zero-order valence-electron chi connectivity index (χ0n) is 12.2. The minimum Gasteiger partial charge on any atom is -0.481 e. The first-order valence-corrected chi connectivity index (χ1v) is 7.99. The largest absolute Gasteiger partial charge is 0.481 e. The SMILES string of the molecule is CC(C)(C)S(=O)(=O)CC(=O)Nc1cccc(CC(=O)O)c1. The van der Waals surface area contributed by atoms with E-state index in [1.54, 1.807) is 18.2 Å². The fourth-order valence-corrected chi connectivity index (χ4v) is 2.37. The van der Waals surface area contributed by atoms with Gasteiger partial charge < -0.3 is 10.4 Å². The molecule has 1 amide bonds. The van der Waals surface area contributed by atoms with Gasteiger partial charge in [-0.3, -0.25) is 9.59 Å². The van der Waals surface area contributed by atoms with Crippen molar-refractivity contribution in [1.82, 2.24) is 0 Å². The van der Waals surface area contributed by atoms with Crippen molar-refractivity contribution in [2.24, 2.45) is 0 Å². The Morgan fingerprint density at radius 1 is 1.24 bits per heavy atom. The van der Waals surface area contributed by atoms with Gasteiger partial charge in [0.2, 0.25) is 5.91 Å². The minimum atomic E-state index is -3.55. The van der Waals surface area contributed by atoms with E-state index in [9.17, 15) is 18.0 Å². The van der Waals surface area contributed by atoms with Crippen molar-refractivity contribution in [3.05, 3.63) is 29.8 Å². The van der Waals surface area contributed by atoms with Crippen LogP contribution in [0.4, 0.5) is 5.69 Å². The molecule has 0 saturated carbocycles. The van der Waals surface area contributed by atoms with E-state index in [0.29, 0.717) is 11.3 Å². The van der Waals surface area contributed by atoms with Crippen molar-refractivity contribution in [2.45, 2.75) is 31.9 Å². The van der Waals surface area contributed by atoms with Gasteiger partial charge >= 0.3 is 5.97 Å². The van der Waals surface area contributed by atoms with Crippen molar-refractivity contribution >= 4 is 27.4 Å². The standard InChI is InChI=1S/C14H19NO5S/c1-14(2,3)21(19,20)9-12(16)15-11-6-4-5-10(7-11)8-13(17)18/h4-7H,8-9H2,1-3H3,(H,15,16)(H,17,18). The Morgan fingerprint density at radius 3 is 2.38 bits per heavy atom. The van der Waals surface area contributed by atoms with E-state index >= 15 is 0 Å². The maximum absolute atomic E-state index is 11.9. The highest BCUT2D eigenvalue weighted by atomic mass is 32.2. The molecule has 6 nitrogen and oxygen atoms in total. The summed E-state index contributed by atoms with van der Waals surface area (Å²) in [6.45, 7) is 4.59. The summed E-state index contributed by atoms with van der Waals surface area (Å²) in [5, 5.41) is 11.2. The second kappa shape index (κ2) is 6.26. The molecule has 1 aromatic rings. The summed E-state index contributed by atoms with van der Waals surface area (Å²) in [7, 11) is -3.55. The molecule has 0 radical (unpaired) electrons. The lowest BCUT2D eigenvalue weighted by molar-refractivity contribution is -0.136. The van der Waals surface area contributed by atoms with Crippen LogP contribution >= 0.6 is 0 Å². The van der Waals surface area contributed by atoms with Crippen LogP contribution in [0, 0.1) is 0 Å². The smallest absolute Gasteiger partial charge is 0.307 e. The Hall–Kier alpha value is -1.89. The highest BCUT2D eigenvalue weighted by Gasteiger charge is 2.31. The Kier molecular flexibility index (Phi) is 5.11.